The van der Waals surface area contributed by atoms with Crippen LogP contribution in [-0.4, -0.2) is 29.6 Å². The van der Waals surface area contributed by atoms with Crippen LogP contribution in [0.15, 0.2) is 24.3 Å². The van der Waals surface area contributed by atoms with Gasteiger partial charge in [0.1, 0.15) is 23.1 Å². The van der Waals surface area contributed by atoms with Crippen LogP contribution in [0.5, 0.6) is 5.75 Å². The molecular formula is C14H16FNO4. The van der Waals surface area contributed by atoms with Gasteiger partial charge in [-0.05, 0) is 44.0 Å². The number of aliphatic carboxylic acids is 1. The first-order valence-electron chi connectivity index (χ1n) is 6.38. The third kappa shape index (κ3) is 3.07. The number of hydrogen-bond acceptors (Lipinski definition) is 3. The van der Waals surface area contributed by atoms with Gasteiger partial charge in [0.2, 0.25) is 5.91 Å². The van der Waals surface area contributed by atoms with Gasteiger partial charge in [0.25, 0.3) is 0 Å². The van der Waals surface area contributed by atoms with Gasteiger partial charge in [0, 0.05) is 0 Å². The van der Waals surface area contributed by atoms with Gasteiger partial charge in [0.05, 0.1) is 6.54 Å². The molecular weight excluding hydrogens is 265 g/mol. The molecule has 1 aliphatic rings. The van der Waals surface area contributed by atoms with Crippen LogP contribution in [-0.2, 0) is 9.59 Å². The Morgan fingerprint density at radius 3 is 2.50 bits per heavy atom. The lowest BCUT2D eigenvalue weighted by molar-refractivity contribution is -0.149. The smallest absolute Gasteiger partial charge is 0.319 e. The summed E-state index contributed by atoms with van der Waals surface area (Å²) in [5.74, 6) is -1.41. The Hall–Kier alpha value is -2.11. The van der Waals surface area contributed by atoms with Crippen LogP contribution in [0.1, 0.15) is 19.8 Å². The molecule has 1 unspecified atom stereocenters. The van der Waals surface area contributed by atoms with Crippen molar-refractivity contribution >= 4 is 11.9 Å². The normalized spacial score (nSPS) is 17.1. The molecule has 1 fully saturated rings. The number of halogens is 1. The highest BCUT2D eigenvalue weighted by atomic mass is 19.1. The van der Waals surface area contributed by atoms with Crippen LogP contribution in [0.2, 0.25) is 0 Å². The lowest BCUT2D eigenvalue weighted by Gasteiger charge is -2.17. The zero-order valence-corrected chi connectivity index (χ0v) is 11.1. The standard InChI is InChI=1S/C14H16FNO4/c1-9(20-11-4-2-10(15)3-5-11)8-16-12(17)14(6-7-14)13(18)19/h2-5,9H,6-8H2,1H3,(H,16,17)(H,18,19). The summed E-state index contributed by atoms with van der Waals surface area (Å²) in [5.41, 5.74) is -1.24. The van der Waals surface area contributed by atoms with E-state index in [1.807, 2.05) is 0 Å². The van der Waals surface area contributed by atoms with E-state index in [0.717, 1.165) is 0 Å². The molecule has 0 radical (unpaired) electrons. The van der Waals surface area contributed by atoms with Crippen LogP contribution in [0.3, 0.4) is 0 Å². The maximum Gasteiger partial charge on any atom is 0.319 e. The van der Waals surface area contributed by atoms with Crippen molar-refractivity contribution < 1.29 is 23.8 Å². The fourth-order valence-electron chi connectivity index (χ4n) is 1.86. The SMILES string of the molecule is CC(CNC(=O)C1(C(=O)O)CC1)Oc1ccc(F)cc1. The van der Waals surface area contributed by atoms with Crippen molar-refractivity contribution in [3.8, 4) is 5.75 Å². The van der Waals surface area contributed by atoms with Crippen LogP contribution in [0.25, 0.3) is 0 Å². The van der Waals surface area contributed by atoms with E-state index in [4.69, 9.17) is 9.84 Å². The minimum atomic E-state index is -1.24. The van der Waals surface area contributed by atoms with Gasteiger partial charge in [-0.3, -0.25) is 9.59 Å². The van der Waals surface area contributed by atoms with E-state index < -0.39 is 17.3 Å². The molecule has 6 heteroatoms. The van der Waals surface area contributed by atoms with Crippen molar-refractivity contribution in [3.05, 3.63) is 30.1 Å². The molecule has 1 saturated carbocycles. The molecule has 1 atom stereocenters. The fraction of sp³-hybridized carbons (Fsp3) is 0.429. The van der Waals surface area contributed by atoms with Crippen molar-refractivity contribution in [2.24, 2.45) is 5.41 Å². The first-order valence-corrected chi connectivity index (χ1v) is 6.38. The number of carboxylic acids is 1. The largest absolute Gasteiger partial charge is 0.489 e. The summed E-state index contributed by atoms with van der Waals surface area (Å²) in [7, 11) is 0. The van der Waals surface area contributed by atoms with Crippen molar-refractivity contribution in [2.45, 2.75) is 25.9 Å². The Kier molecular flexibility index (Phi) is 3.92. The molecule has 1 aliphatic carbocycles. The molecule has 20 heavy (non-hydrogen) atoms. The number of hydrogen-bond donors (Lipinski definition) is 2. The molecule has 1 amide bonds. The third-order valence-electron chi connectivity index (χ3n) is 3.30. The summed E-state index contributed by atoms with van der Waals surface area (Å²) in [6.45, 7) is 1.94. The van der Waals surface area contributed by atoms with Crippen molar-refractivity contribution in [3.63, 3.8) is 0 Å². The predicted octanol–water partition coefficient (Wildman–Crippen LogP) is 1.57. The molecule has 1 aromatic carbocycles. The molecule has 0 spiro atoms. The molecule has 0 aromatic heterocycles. The van der Waals surface area contributed by atoms with Gasteiger partial charge in [-0.2, -0.15) is 0 Å². The number of rotatable bonds is 6. The van der Waals surface area contributed by atoms with Gasteiger partial charge in [0.15, 0.2) is 0 Å². The second kappa shape index (κ2) is 5.48. The summed E-state index contributed by atoms with van der Waals surface area (Å²) in [4.78, 5) is 22.7. The van der Waals surface area contributed by atoms with Gasteiger partial charge >= 0.3 is 5.97 Å². The first-order chi connectivity index (χ1) is 9.44. The van der Waals surface area contributed by atoms with Gasteiger partial charge < -0.3 is 15.2 Å². The Bertz CT molecular complexity index is 510. The maximum atomic E-state index is 12.7. The monoisotopic (exact) mass is 281 g/mol. The molecule has 0 saturated heterocycles. The van der Waals surface area contributed by atoms with E-state index in [0.29, 0.717) is 18.6 Å². The molecule has 5 nitrogen and oxygen atoms in total. The number of carbonyl (C=O) groups is 2. The highest BCUT2D eigenvalue weighted by molar-refractivity contribution is 6.04. The van der Waals surface area contributed by atoms with Gasteiger partial charge in [-0.1, -0.05) is 0 Å². The quantitative estimate of drug-likeness (QED) is 0.776. The van der Waals surface area contributed by atoms with Crippen LogP contribution >= 0.6 is 0 Å². The number of nitrogens with one attached hydrogen (secondary N) is 1. The molecule has 0 bridgehead atoms. The van der Waals surface area contributed by atoms with Gasteiger partial charge in [-0.15, -0.1) is 0 Å². The minimum Gasteiger partial charge on any atom is -0.489 e. The van der Waals surface area contributed by atoms with E-state index in [1.54, 1.807) is 6.92 Å². The fourth-order valence-corrected chi connectivity index (χ4v) is 1.86. The second-order valence-electron chi connectivity index (χ2n) is 4.98. The summed E-state index contributed by atoms with van der Waals surface area (Å²) < 4.78 is 18.2. The van der Waals surface area contributed by atoms with E-state index in [-0.39, 0.29) is 18.5 Å². The van der Waals surface area contributed by atoms with Crippen LogP contribution in [0, 0.1) is 11.2 Å². The Morgan fingerprint density at radius 2 is 2.00 bits per heavy atom. The number of ether oxygens (including phenoxy) is 1. The molecule has 0 aliphatic heterocycles. The average Bonchev–Trinajstić information content (AvgIpc) is 3.20. The zero-order chi connectivity index (χ0) is 14.8. The van der Waals surface area contributed by atoms with E-state index >= 15 is 0 Å². The number of carboxylic acid groups (broad SMARTS) is 1. The predicted molar refractivity (Wildman–Crippen MR) is 68.8 cm³/mol. The van der Waals surface area contributed by atoms with Gasteiger partial charge in [-0.25, -0.2) is 4.39 Å². The number of amides is 1. The highest BCUT2D eigenvalue weighted by Gasteiger charge is 2.56. The summed E-state index contributed by atoms with van der Waals surface area (Å²) in [6, 6.07) is 5.55. The third-order valence-corrected chi connectivity index (χ3v) is 3.30. The lowest BCUT2D eigenvalue weighted by atomic mass is 10.1. The minimum absolute atomic E-state index is 0.200. The topological polar surface area (TPSA) is 75.6 Å². The van der Waals surface area contributed by atoms with E-state index in [9.17, 15) is 14.0 Å². The number of benzene rings is 1. The lowest BCUT2D eigenvalue weighted by Crippen LogP contribution is -2.41. The summed E-state index contributed by atoms with van der Waals surface area (Å²) in [5, 5.41) is 11.6. The van der Waals surface area contributed by atoms with Crippen molar-refractivity contribution in [1.82, 2.24) is 5.32 Å². The van der Waals surface area contributed by atoms with E-state index in [1.165, 1.54) is 24.3 Å². The van der Waals surface area contributed by atoms with Crippen LogP contribution in [0.4, 0.5) is 4.39 Å². The Balaban J connectivity index is 1.81. The first kappa shape index (κ1) is 14.3. The number of carbonyl (C=O) groups excluding carboxylic acids is 1. The summed E-state index contributed by atoms with van der Waals surface area (Å²) >= 11 is 0. The maximum absolute atomic E-state index is 12.7. The highest BCUT2D eigenvalue weighted by Crippen LogP contribution is 2.46. The average molecular weight is 281 g/mol. The Morgan fingerprint density at radius 1 is 1.40 bits per heavy atom. The van der Waals surface area contributed by atoms with Crippen LogP contribution < -0.4 is 10.1 Å². The molecule has 2 rings (SSSR count). The molecule has 1 aromatic rings. The van der Waals surface area contributed by atoms with E-state index in [2.05, 4.69) is 5.32 Å². The summed E-state index contributed by atoms with van der Waals surface area (Å²) in [6.07, 6.45) is 0.414. The second-order valence-corrected chi connectivity index (χ2v) is 4.98. The zero-order valence-electron chi connectivity index (χ0n) is 11.1. The van der Waals surface area contributed by atoms with Crippen molar-refractivity contribution in [2.75, 3.05) is 6.54 Å². The molecule has 2 N–H and O–H groups in total. The molecule has 108 valence electrons. The molecule has 0 heterocycles. The van der Waals surface area contributed by atoms with Crippen molar-refractivity contribution in [1.29, 1.82) is 0 Å². The Labute approximate surface area is 115 Å².